The van der Waals surface area contributed by atoms with Crippen molar-refractivity contribution < 1.29 is 14.3 Å². The number of aromatic nitrogens is 1. The van der Waals surface area contributed by atoms with Crippen molar-refractivity contribution in [2.45, 2.75) is 64.8 Å². The van der Waals surface area contributed by atoms with Crippen LogP contribution in [0.25, 0.3) is 11.3 Å². The lowest BCUT2D eigenvalue weighted by Gasteiger charge is -2.35. The first kappa shape index (κ1) is 28.1. The smallest absolute Gasteiger partial charge is 0.410 e. The highest BCUT2D eigenvalue weighted by atomic mass is 32.2. The topological polar surface area (TPSA) is 86.9 Å². The molecule has 3 aromatic rings. The number of hydrogen-bond acceptors (Lipinski definition) is 8. The molecule has 6 rings (SSSR count). The number of nitrogens with one attached hydrogen (secondary N) is 2. The minimum Gasteiger partial charge on any atom is -0.444 e. The minimum absolute atomic E-state index is 0.0980. The second-order valence-corrected chi connectivity index (χ2v) is 13.8. The number of amides is 1. The molecule has 8 nitrogen and oxygen atoms in total. The van der Waals surface area contributed by atoms with E-state index in [9.17, 15) is 9.59 Å². The molecule has 1 atom stereocenters. The van der Waals surface area contributed by atoms with E-state index in [2.05, 4.69) is 57.7 Å². The van der Waals surface area contributed by atoms with Crippen LogP contribution < -0.4 is 15.8 Å². The Labute approximate surface area is 249 Å². The number of hydrogen-bond donors (Lipinski definition) is 2. The van der Waals surface area contributed by atoms with Gasteiger partial charge in [0, 0.05) is 74.8 Å². The summed E-state index contributed by atoms with van der Waals surface area (Å²) in [7, 11) is 0. The van der Waals surface area contributed by atoms with Gasteiger partial charge in [-0.05, 0) is 63.9 Å². The van der Waals surface area contributed by atoms with E-state index in [0.29, 0.717) is 19.8 Å². The van der Waals surface area contributed by atoms with E-state index in [0.717, 1.165) is 60.0 Å². The monoisotopic (exact) mass is 592 g/mol. The van der Waals surface area contributed by atoms with Gasteiger partial charge in [-0.1, -0.05) is 35.7 Å². The highest BCUT2D eigenvalue weighted by Gasteiger charge is 2.28. The number of aromatic amines is 1. The maximum absolute atomic E-state index is 12.7. The Morgan fingerprint density at radius 1 is 1.02 bits per heavy atom. The van der Waals surface area contributed by atoms with Gasteiger partial charge in [-0.3, -0.25) is 4.79 Å². The Kier molecular flexibility index (Phi) is 7.98. The maximum Gasteiger partial charge on any atom is 0.410 e. The number of anilines is 2. The van der Waals surface area contributed by atoms with Crippen LogP contribution in [0.2, 0.25) is 0 Å². The van der Waals surface area contributed by atoms with Crippen LogP contribution in [0.3, 0.4) is 0 Å². The Hall–Kier alpha value is -3.08. The van der Waals surface area contributed by atoms with Gasteiger partial charge in [0.2, 0.25) is 5.56 Å². The first-order valence-corrected chi connectivity index (χ1v) is 15.8. The first-order valence-electron chi connectivity index (χ1n) is 14.2. The number of piperidine rings is 1. The zero-order valence-corrected chi connectivity index (χ0v) is 25.3. The lowest BCUT2D eigenvalue weighted by Crippen LogP contribution is -2.46. The SMILES string of the molecule is CC(C)(C)OC(=O)N1CCCC(Nc2ccc3c(c2)Sc2cccc(-c4cc(N5CCOCC5)cc(=O)[nH]4)c2S3)C1. The standard InChI is InChI=1S/C31H36N4O4S2/c1-31(2,3)39-30(37)35-11-5-6-21(19-35)32-20-9-10-25-27(16-20)40-26-8-4-7-23(29(26)41-25)24-17-22(18-28(36)33-24)34-12-14-38-15-13-34/h4,7-10,16-18,21,32H,5-6,11-15,19H2,1-3H3,(H,33,36). The van der Waals surface area contributed by atoms with Crippen LogP contribution in [0, 0.1) is 0 Å². The molecule has 2 saturated heterocycles. The van der Waals surface area contributed by atoms with Gasteiger partial charge < -0.3 is 29.6 Å². The van der Waals surface area contributed by atoms with Crippen molar-refractivity contribution in [3.05, 3.63) is 58.9 Å². The zero-order valence-electron chi connectivity index (χ0n) is 23.7. The molecule has 0 bridgehead atoms. The van der Waals surface area contributed by atoms with Crippen molar-refractivity contribution in [2.24, 2.45) is 0 Å². The van der Waals surface area contributed by atoms with Crippen LogP contribution in [0.15, 0.2) is 72.9 Å². The molecule has 2 fully saturated rings. The fraction of sp³-hybridized carbons (Fsp3) is 0.419. The second-order valence-electron chi connectivity index (χ2n) is 11.6. The number of likely N-dealkylation sites (tertiary alicyclic amines) is 1. The number of pyridine rings is 1. The summed E-state index contributed by atoms with van der Waals surface area (Å²) in [5, 5.41) is 3.66. The number of carbonyl (C=O) groups is 1. The summed E-state index contributed by atoms with van der Waals surface area (Å²) >= 11 is 3.49. The summed E-state index contributed by atoms with van der Waals surface area (Å²) < 4.78 is 11.1. The van der Waals surface area contributed by atoms with Crippen molar-refractivity contribution in [3.63, 3.8) is 0 Å². The van der Waals surface area contributed by atoms with Crippen LogP contribution in [-0.2, 0) is 9.47 Å². The Balaban J connectivity index is 1.19. The molecule has 2 N–H and O–H groups in total. The summed E-state index contributed by atoms with van der Waals surface area (Å²) in [4.78, 5) is 37.1. The number of rotatable bonds is 4. The summed E-state index contributed by atoms with van der Waals surface area (Å²) in [5.41, 5.74) is 3.25. The van der Waals surface area contributed by atoms with E-state index >= 15 is 0 Å². The summed E-state index contributed by atoms with van der Waals surface area (Å²) in [6.07, 6.45) is 1.70. The fourth-order valence-electron chi connectivity index (χ4n) is 5.40. The number of carbonyl (C=O) groups excluding carboxylic acids is 1. The zero-order chi connectivity index (χ0) is 28.6. The predicted molar refractivity (Wildman–Crippen MR) is 165 cm³/mol. The van der Waals surface area contributed by atoms with Crippen molar-refractivity contribution in [1.82, 2.24) is 9.88 Å². The largest absolute Gasteiger partial charge is 0.444 e. The van der Waals surface area contributed by atoms with Crippen molar-refractivity contribution >= 4 is 41.0 Å². The lowest BCUT2D eigenvalue weighted by molar-refractivity contribution is 0.0206. The summed E-state index contributed by atoms with van der Waals surface area (Å²) in [6, 6.07) is 16.7. The summed E-state index contributed by atoms with van der Waals surface area (Å²) in [6.45, 7) is 9.96. The second kappa shape index (κ2) is 11.7. The number of benzene rings is 2. The quantitative estimate of drug-likeness (QED) is 0.285. The van der Waals surface area contributed by atoms with Gasteiger partial charge in [-0.2, -0.15) is 0 Å². The molecular formula is C31H36N4O4S2. The third-order valence-electron chi connectivity index (χ3n) is 7.29. The van der Waals surface area contributed by atoms with E-state index in [1.54, 1.807) is 29.6 Å². The van der Waals surface area contributed by atoms with Gasteiger partial charge in [0.25, 0.3) is 0 Å². The van der Waals surface area contributed by atoms with Gasteiger partial charge in [-0.25, -0.2) is 4.79 Å². The predicted octanol–water partition coefficient (Wildman–Crippen LogP) is 6.31. The maximum atomic E-state index is 12.7. The first-order chi connectivity index (χ1) is 19.7. The van der Waals surface area contributed by atoms with Gasteiger partial charge in [0.05, 0.1) is 18.9 Å². The van der Waals surface area contributed by atoms with Gasteiger partial charge >= 0.3 is 6.09 Å². The molecule has 0 spiro atoms. The Morgan fingerprint density at radius 3 is 2.66 bits per heavy atom. The molecule has 0 saturated carbocycles. The van der Waals surface area contributed by atoms with E-state index in [-0.39, 0.29) is 17.7 Å². The molecule has 3 aliphatic heterocycles. The molecular weight excluding hydrogens is 556 g/mol. The number of nitrogens with zero attached hydrogens (tertiary/aromatic N) is 2. The van der Waals surface area contributed by atoms with Crippen LogP contribution >= 0.6 is 23.5 Å². The Morgan fingerprint density at radius 2 is 1.85 bits per heavy atom. The molecule has 1 unspecified atom stereocenters. The third-order valence-corrected chi connectivity index (χ3v) is 9.89. The molecule has 0 radical (unpaired) electrons. The molecule has 1 aromatic heterocycles. The third kappa shape index (κ3) is 6.55. The van der Waals surface area contributed by atoms with Crippen LogP contribution in [0.5, 0.6) is 0 Å². The van der Waals surface area contributed by atoms with E-state index in [1.165, 1.54) is 14.7 Å². The van der Waals surface area contributed by atoms with Crippen molar-refractivity contribution in [1.29, 1.82) is 0 Å². The van der Waals surface area contributed by atoms with E-state index in [1.807, 2.05) is 25.7 Å². The van der Waals surface area contributed by atoms with E-state index < -0.39 is 5.60 Å². The molecule has 3 aliphatic rings. The molecule has 10 heteroatoms. The average Bonchev–Trinajstić information content (AvgIpc) is 2.95. The highest BCUT2D eigenvalue weighted by molar-refractivity contribution is 8.05. The number of H-pyrrole nitrogens is 1. The Bertz CT molecular complexity index is 1500. The molecule has 0 aliphatic carbocycles. The van der Waals surface area contributed by atoms with Gasteiger partial charge in [0.15, 0.2) is 0 Å². The minimum atomic E-state index is -0.498. The molecule has 2 aromatic carbocycles. The van der Waals surface area contributed by atoms with Crippen molar-refractivity contribution in [2.75, 3.05) is 49.6 Å². The van der Waals surface area contributed by atoms with Crippen LogP contribution in [-0.4, -0.2) is 67.0 Å². The van der Waals surface area contributed by atoms with Gasteiger partial charge in [-0.15, -0.1) is 0 Å². The molecule has 216 valence electrons. The van der Waals surface area contributed by atoms with Crippen LogP contribution in [0.1, 0.15) is 33.6 Å². The number of ether oxygens (including phenoxy) is 2. The lowest BCUT2D eigenvalue weighted by atomic mass is 10.1. The molecule has 41 heavy (non-hydrogen) atoms. The highest BCUT2D eigenvalue weighted by Crippen LogP contribution is 2.52. The van der Waals surface area contributed by atoms with E-state index in [4.69, 9.17) is 9.47 Å². The number of morpholine rings is 1. The van der Waals surface area contributed by atoms with Gasteiger partial charge in [0.1, 0.15) is 5.60 Å². The average molecular weight is 593 g/mol. The summed E-state index contributed by atoms with van der Waals surface area (Å²) in [5.74, 6) is 0. The van der Waals surface area contributed by atoms with Crippen molar-refractivity contribution in [3.8, 4) is 11.3 Å². The fourth-order valence-corrected chi connectivity index (χ4v) is 7.82. The molecule has 4 heterocycles. The number of fused-ring (bicyclic) bond motifs is 2. The van der Waals surface area contributed by atoms with Crippen LogP contribution in [0.4, 0.5) is 16.2 Å². The normalized spacial score (nSPS) is 18.9. The molecule has 1 amide bonds.